The highest BCUT2D eigenvalue weighted by Gasteiger charge is 2.23. The minimum Gasteiger partial charge on any atom is -0.370 e. The zero-order valence-corrected chi connectivity index (χ0v) is 21.7. The Labute approximate surface area is 217 Å². The van der Waals surface area contributed by atoms with Crippen molar-refractivity contribution in [2.24, 2.45) is 0 Å². The van der Waals surface area contributed by atoms with Gasteiger partial charge in [-0.3, -0.25) is 9.44 Å². The average Bonchev–Trinajstić information content (AvgIpc) is 3.19. The number of rotatable bonds is 7. The maximum Gasteiger partial charge on any atom is 0.262 e. The predicted octanol–water partition coefficient (Wildman–Crippen LogP) is 4.24. The molecule has 4 aromatic carbocycles. The van der Waals surface area contributed by atoms with Crippen LogP contribution in [0.3, 0.4) is 0 Å². The van der Waals surface area contributed by atoms with E-state index in [9.17, 15) is 16.8 Å². The summed E-state index contributed by atoms with van der Waals surface area (Å²) in [5.74, 6) is 0. The number of nitrogens with one attached hydrogen (secondary N) is 3. The molecule has 0 unspecified atom stereocenters. The lowest BCUT2D eigenvalue weighted by Gasteiger charge is -2.24. The summed E-state index contributed by atoms with van der Waals surface area (Å²) in [6, 6.07) is 25.4. The van der Waals surface area contributed by atoms with Gasteiger partial charge >= 0.3 is 0 Å². The normalized spacial score (nSPS) is 14.8. The smallest absolute Gasteiger partial charge is 0.262 e. The third kappa shape index (κ3) is 5.56. The zero-order valence-electron chi connectivity index (χ0n) is 20.1. The van der Waals surface area contributed by atoms with Crippen LogP contribution in [-0.2, 0) is 20.0 Å². The lowest BCUT2D eigenvalue weighted by molar-refractivity contribution is 0.599. The predicted molar refractivity (Wildman–Crippen MR) is 148 cm³/mol. The molecule has 4 aromatic rings. The van der Waals surface area contributed by atoms with Crippen molar-refractivity contribution in [2.45, 2.75) is 16.2 Å². The molecule has 0 aromatic heterocycles. The van der Waals surface area contributed by atoms with E-state index in [1.54, 1.807) is 48.5 Å². The van der Waals surface area contributed by atoms with Gasteiger partial charge in [0.25, 0.3) is 20.0 Å². The Bertz CT molecular complexity index is 1610. The van der Waals surface area contributed by atoms with E-state index in [4.69, 9.17) is 0 Å². The molecule has 0 radical (unpaired) electrons. The third-order valence-electron chi connectivity index (χ3n) is 6.29. The number of hydrogen-bond acceptors (Lipinski definition) is 6. The lowest BCUT2D eigenvalue weighted by Crippen LogP contribution is -2.28. The summed E-state index contributed by atoms with van der Waals surface area (Å²) in [6.45, 7) is 3.28. The highest BCUT2D eigenvalue weighted by atomic mass is 32.2. The summed E-state index contributed by atoms with van der Waals surface area (Å²) < 4.78 is 58.7. The van der Waals surface area contributed by atoms with Crippen molar-refractivity contribution >= 4 is 47.9 Å². The highest BCUT2D eigenvalue weighted by molar-refractivity contribution is 7.93. The Morgan fingerprint density at radius 2 is 1.41 bits per heavy atom. The maximum absolute atomic E-state index is 13.5. The number of anilines is 3. The Morgan fingerprint density at radius 3 is 2.24 bits per heavy atom. The van der Waals surface area contributed by atoms with Crippen LogP contribution in [0, 0.1) is 0 Å². The van der Waals surface area contributed by atoms with E-state index >= 15 is 0 Å². The van der Waals surface area contributed by atoms with E-state index in [2.05, 4.69) is 19.7 Å². The first-order chi connectivity index (χ1) is 17.8. The second-order valence-corrected chi connectivity index (χ2v) is 12.2. The third-order valence-corrected chi connectivity index (χ3v) is 9.09. The van der Waals surface area contributed by atoms with Crippen molar-refractivity contribution < 1.29 is 16.8 Å². The van der Waals surface area contributed by atoms with Crippen LogP contribution >= 0.6 is 0 Å². The summed E-state index contributed by atoms with van der Waals surface area (Å²) in [5, 5.41) is 4.72. The number of fused-ring (bicyclic) bond motifs is 1. The number of nitrogens with zero attached hydrogens (tertiary/aromatic N) is 1. The topological polar surface area (TPSA) is 108 Å². The molecule has 1 saturated heterocycles. The molecule has 0 spiro atoms. The van der Waals surface area contributed by atoms with Gasteiger partial charge in [-0.05, 0) is 54.8 Å². The van der Waals surface area contributed by atoms with Crippen LogP contribution in [0.4, 0.5) is 17.1 Å². The quantitative estimate of drug-likeness (QED) is 0.326. The van der Waals surface area contributed by atoms with Crippen LogP contribution in [0.25, 0.3) is 10.8 Å². The SMILES string of the molecule is O=S(=O)(Nc1cc(N2CCCNCC2)ccc1NS(=O)(=O)c1cccc2ccccc12)c1ccccc1. The molecule has 8 nitrogen and oxygen atoms in total. The van der Waals surface area contributed by atoms with Gasteiger partial charge in [-0.25, -0.2) is 16.8 Å². The van der Waals surface area contributed by atoms with Crippen molar-refractivity contribution in [3.63, 3.8) is 0 Å². The Balaban J connectivity index is 1.55. The van der Waals surface area contributed by atoms with Crippen molar-refractivity contribution in [3.8, 4) is 0 Å². The van der Waals surface area contributed by atoms with E-state index in [0.29, 0.717) is 5.39 Å². The van der Waals surface area contributed by atoms with Gasteiger partial charge in [0.1, 0.15) is 0 Å². The Morgan fingerprint density at radius 1 is 0.676 bits per heavy atom. The molecule has 1 aliphatic heterocycles. The molecule has 192 valence electrons. The van der Waals surface area contributed by atoms with E-state index < -0.39 is 20.0 Å². The summed E-state index contributed by atoms with van der Waals surface area (Å²) in [6.07, 6.45) is 0.945. The van der Waals surface area contributed by atoms with Gasteiger partial charge in [-0.2, -0.15) is 0 Å². The fourth-order valence-corrected chi connectivity index (χ4v) is 6.84. The van der Waals surface area contributed by atoms with Gasteiger partial charge in [0.15, 0.2) is 0 Å². The van der Waals surface area contributed by atoms with Crippen LogP contribution in [-0.4, -0.2) is 43.0 Å². The number of sulfonamides is 2. The summed E-state index contributed by atoms with van der Waals surface area (Å²) in [7, 11) is -8.00. The van der Waals surface area contributed by atoms with Gasteiger partial charge < -0.3 is 10.2 Å². The maximum atomic E-state index is 13.5. The molecular weight excluding hydrogens is 508 g/mol. The van der Waals surface area contributed by atoms with Gasteiger partial charge in [0.05, 0.1) is 21.2 Å². The summed E-state index contributed by atoms with van der Waals surface area (Å²) >= 11 is 0. The summed E-state index contributed by atoms with van der Waals surface area (Å²) in [4.78, 5) is 2.36. The second-order valence-electron chi connectivity index (χ2n) is 8.82. The average molecular weight is 537 g/mol. The molecule has 0 amide bonds. The summed E-state index contributed by atoms with van der Waals surface area (Å²) in [5.41, 5.74) is 1.11. The molecule has 0 bridgehead atoms. The minimum atomic E-state index is -4.03. The first-order valence-corrected chi connectivity index (χ1v) is 15.0. The molecule has 1 fully saturated rings. The van der Waals surface area contributed by atoms with Crippen molar-refractivity contribution in [3.05, 3.63) is 91.0 Å². The first-order valence-electron chi connectivity index (χ1n) is 12.0. The molecule has 1 aliphatic rings. The molecule has 0 atom stereocenters. The van der Waals surface area contributed by atoms with Crippen molar-refractivity contribution in [1.29, 1.82) is 0 Å². The number of benzene rings is 4. The largest absolute Gasteiger partial charge is 0.370 e. The monoisotopic (exact) mass is 536 g/mol. The molecule has 10 heteroatoms. The molecule has 0 aliphatic carbocycles. The fraction of sp³-hybridized carbons (Fsp3) is 0.185. The minimum absolute atomic E-state index is 0.0854. The fourth-order valence-electron chi connectivity index (χ4n) is 4.44. The van der Waals surface area contributed by atoms with E-state index in [1.165, 1.54) is 18.2 Å². The highest BCUT2D eigenvalue weighted by Crippen LogP contribution is 2.33. The molecule has 1 heterocycles. The molecule has 3 N–H and O–H groups in total. The lowest BCUT2D eigenvalue weighted by atomic mass is 10.1. The molecule has 37 heavy (non-hydrogen) atoms. The Kier molecular flexibility index (Phi) is 7.05. The van der Waals surface area contributed by atoms with E-state index in [-0.39, 0.29) is 21.2 Å². The number of hydrogen-bond donors (Lipinski definition) is 3. The van der Waals surface area contributed by atoms with Gasteiger partial charge in [0.2, 0.25) is 0 Å². The van der Waals surface area contributed by atoms with Crippen LogP contribution < -0.4 is 19.7 Å². The molecule has 0 saturated carbocycles. The van der Waals surface area contributed by atoms with Crippen LogP contribution in [0.2, 0.25) is 0 Å². The van der Waals surface area contributed by atoms with Crippen molar-refractivity contribution in [2.75, 3.05) is 40.5 Å². The van der Waals surface area contributed by atoms with Crippen LogP contribution in [0.15, 0.2) is 101 Å². The Hall–Kier alpha value is -3.60. The standard InChI is InChI=1S/C27H28N4O4S2/c32-36(33,23-10-2-1-3-11-23)30-26-20-22(31-18-7-16-28-17-19-31)14-15-25(26)29-37(34,35)27-13-6-9-21-8-4-5-12-24(21)27/h1-6,8-15,20,28-30H,7,16-19H2. The van der Waals surface area contributed by atoms with E-state index in [1.807, 2.05) is 24.3 Å². The van der Waals surface area contributed by atoms with Crippen LogP contribution in [0.1, 0.15) is 6.42 Å². The zero-order chi connectivity index (χ0) is 25.9. The van der Waals surface area contributed by atoms with Crippen molar-refractivity contribution in [1.82, 2.24) is 5.32 Å². The molecular formula is C27H28N4O4S2. The van der Waals surface area contributed by atoms with Gasteiger partial charge in [-0.15, -0.1) is 0 Å². The first kappa shape index (κ1) is 25.1. The van der Waals surface area contributed by atoms with Crippen LogP contribution in [0.5, 0.6) is 0 Å². The van der Waals surface area contributed by atoms with Gasteiger partial charge in [-0.1, -0.05) is 54.6 Å². The second kappa shape index (κ2) is 10.4. The van der Waals surface area contributed by atoms with E-state index in [0.717, 1.165) is 43.7 Å². The van der Waals surface area contributed by atoms with Gasteiger partial charge in [0, 0.05) is 30.7 Å². The molecule has 5 rings (SSSR count).